The Bertz CT molecular complexity index is 1490. The summed E-state index contributed by atoms with van der Waals surface area (Å²) in [6.45, 7) is 3.98. The molecule has 0 spiro atoms. The third kappa shape index (κ3) is 4.77. The summed E-state index contributed by atoms with van der Waals surface area (Å²) >= 11 is 9.31. The lowest BCUT2D eigenvalue weighted by Gasteiger charge is -2.16. The molecule has 0 saturated heterocycles. The van der Waals surface area contributed by atoms with Crippen molar-refractivity contribution in [2.75, 3.05) is 11.1 Å². The van der Waals surface area contributed by atoms with Gasteiger partial charge in [0.15, 0.2) is 5.16 Å². The van der Waals surface area contributed by atoms with Crippen LogP contribution in [0.2, 0.25) is 5.02 Å². The van der Waals surface area contributed by atoms with Gasteiger partial charge in [-0.25, -0.2) is 4.98 Å². The van der Waals surface area contributed by atoms with E-state index in [-0.39, 0.29) is 17.2 Å². The van der Waals surface area contributed by atoms with Gasteiger partial charge < -0.3 is 5.32 Å². The van der Waals surface area contributed by atoms with Crippen molar-refractivity contribution in [1.82, 2.24) is 9.55 Å². The van der Waals surface area contributed by atoms with E-state index < -0.39 is 0 Å². The van der Waals surface area contributed by atoms with Crippen LogP contribution < -0.4 is 10.9 Å². The quantitative estimate of drug-likeness (QED) is 0.229. The number of aryl methyl sites for hydroxylation is 3. The maximum absolute atomic E-state index is 13.9. The highest BCUT2D eigenvalue weighted by molar-refractivity contribution is 7.99. The van der Waals surface area contributed by atoms with E-state index in [1.165, 1.54) is 16.6 Å². The summed E-state index contributed by atoms with van der Waals surface area (Å²) in [4.78, 5) is 33.7. The summed E-state index contributed by atoms with van der Waals surface area (Å²) in [7, 11) is 0. The van der Waals surface area contributed by atoms with Gasteiger partial charge in [0.2, 0.25) is 5.91 Å². The average Bonchev–Trinajstić information content (AvgIpc) is 3.24. The molecule has 2 aromatic carbocycles. The largest absolute Gasteiger partial charge is 0.325 e. The Morgan fingerprint density at radius 2 is 2.00 bits per heavy atom. The molecule has 2 heterocycles. The summed E-state index contributed by atoms with van der Waals surface area (Å²) in [5.41, 5.74) is 4.50. The van der Waals surface area contributed by atoms with Gasteiger partial charge in [-0.15, -0.1) is 11.3 Å². The average molecular weight is 524 g/mol. The van der Waals surface area contributed by atoms with Crippen molar-refractivity contribution in [3.63, 3.8) is 0 Å². The molecule has 1 N–H and O–H groups in total. The molecule has 0 radical (unpaired) electrons. The van der Waals surface area contributed by atoms with E-state index >= 15 is 0 Å². The molecule has 5 rings (SSSR count). The van der Waals surface area contributed by atoms with Crippen LogP contribution in [0, 0.1) is 6.92 Å². The minimum Gasteiger partial charge on any atom is -0.325 e. The Morgan fingerprint density at radius 1 is 1.20 bits per heavy atom. The first-order chi connectivity index (χ1) is 17.0. The minimum absolute atomic E-state index is 0.0849. The molecule has 0 saturated carbocycles. The number of thiophene rings is 1. The summed E-state index contributed by atoms with van der Waals surface area (Å²) < 4.78 is 1.64. The first-order valence-electron chi connectivity index (χ1n) is 11.8. The lowest BCUT2D eigenvalue weighted by Crippen LogP contribution is -2.24. The van der Waals surface area contributed by atoms with Gasteiger partial charge in [0.1, 0.15) is 4.83 Å². The van der Waals surface area contributed by atoms with Gasteiger partial charge in [0.05, 0.1) is 16.8 Å². The zero-order valence-corrected chi connectivity index (χ0v) is 22.1. The Labute approximate surface area is 217 Å². The molecule has 1 aliphatic rings. The number of benzene rings is 2. The number of nitrogens with zero attached hydrogens (tertiary/aromatic N) is 2. The zero-order chi connectivity index (χ0) is 24.5. The van der Waals surface area contributed by atoms with Crippen LogP contribution in [0.25, 0.3) is 15.9 Å². The molecule has 0 unspecified atom stereocenters. The molecule has 4 aromatic rings. The van der Waals surface area contributed by atoms with Crippen molar-refractivity contribution in [2.24, 2.45) is 0 Å². The highest BCUT2D eigenvalue weighted by Gasteiger charge is 2.24. The van der Waals surface area contributed by atoms with E-state index in [0.29, 0.717) is 21.3 Å². The molecule has 0 bridgehead atoms. The highest BCUT2D eigenvalue weighted by Crippen LogP contribution is 2.36. The first kappa shape index (κ1) is 24.1. The fourth-order valence-electron chi connectivity index (χ4n) is 4.53. The van der Waals surface area contributed by atoms with E-state index in [9.17, 15) is 9.59 Å². The van der Waals surface area contributed by atoms with Gasteiger partial charge in [-0.05, 0) is 80.0 Å². The van der Waals surface area contributed by atoms with Crippen molar-refractivity contribution in [2.45, 2.75) is 51.1 Å². The van der Waals surface area contributed by atoms with Crippen LogP contribution in [0.3, 0.4) is 0 Å². The molecule has 180 valence electrons. The summed E-state index contributed by atoms with van der Waals surface area (Å²) in [5, 5.41) is 4.77. The van der Waals surface area contributed by atoms with Crippen molar-refractivity contribution in [3.05, 3.63) is 79.4 Å². The fraction of sp³-hybridized carbons (Fsp3) is 0.296. The maximum Gasteiger partial charge on any atom is 0.267 e. The molecule has 5 nitrogen and oxygen atoms in total. The van der Waals surface area contributed by atoms with E-state index in [0.717, 1.165) is 59.3 Å². The van der Waals surface area contributed by atoms with Crippen LogP contribution in [0.15, 0.2) is 52.4 Å². The smallest absolute Gasteiger partial charge is 0.267 e. The minimum atomic E-state index is -0.141. The Hall–Kier alpha value is -2.61. The molecule has 2 aromatic heterocycles. The normalized spacial score (nSPS) is 13.1. The predicted octanol–water partition coefficient (Wildman–Crippen LogP) is 6.58. The zero-order valence-electron chi connectivity index (χ0n) is 19.7. The van der Waals surface area contributed by atoms with Crippen LogP contribution in [-0.4, -0.2) is 21.2 Å². The number of hydrogen-bond donors (Lipinski definition) is 1. The predicted molar refractivity (Wildman–Crippen MR) is 147 cm³/mol. The number of thioether (sulfide) groups is 1. The molecule has 8 heteroatoms. The number of nitrogens with one attached hydrogen (secondary N) is 1. The number of aromatic nitrogens is 2. The number of halogens is 1. The molecule has 1 amide bonds. The number of carbonyl (C=O) groups excluding carboxylic acids is 1. The SMILES string of the molecule is CCc1cccc(NC(=O)CSc2nc3sc4c(c3c(=O)n2-c2cccc(Cl)c2C)CCCC4)c1. The van der Waals surface area contributed by atoms with Crippen LogP contribution in [0.4, 0.5) is 5.69 Å². The van der Waals surface area contributed by atoms with Crippen LogP contribution in [-0.2, 0) is 24.1 Å². The molecular weight excluding hydrogens is 498 g/mol. The molecule has 35 heavy (non-hydrogen) atoms. The summed E-state index contributed by atoms with van der Waals surface area (Å²) in [6, 6.07) is 13.4. The van der Waals surface area contributed by atoms with E-state index in [2.05, 4.69) is 12.2 Å². The van der Waals surface area contributed by atoms with Crippen LogP contribution >= 0.6 is 34.7 Å². The third-order valence-electron chi connectivity index (χ3n) is 6.39. The topological polar surface area (TPSA) is 64.0 Å². The van der Waals surface area contributed by atoms with E-state index in [1.54, 1.807) is 15.9 Å². The van der Waals surface area contributed by atoms with Gasteiger partial charge in [-0.2, -0.15) is 0 Å². The number of rotatable bonds is 6. The molecule has 1 aliphatic carbocycles. The molecular formula is C27H26ClN3O2S2. The fourth-order valence-corrected chi connectivity index (χ4v) is 6.81. The monoisotopic (exact) mass is 523 g/mol. The highest BCUT2D eigenvalue weighted by atomic mass is 35.5. The van der Waals surface area contributed by atoms with Gasteiger partial charge in [0, 0.05) is 15.6 Å². The number of anilines is 1. The summed E-state index contributed by atoms with van der Waals surface area (Å²) in [6.07, 6.45) is 5.03. The number of fused-ring (bicyclic) bond motifs is 3. The van der Waals surface area contributed by atoms with Gasteiger partial charge in [-0.1, -0.05) is 48.5 Å². The lowest BCUT2D eigenvalue weighted by atomic mass is 9.97. The standard InChI is InChI=1S/C27H26ClN3O2S2/c1-3-17-8-6-9-18(14-17)29-23(32)15-34-27-30-25-24(19-10-4-5-13-22(19)35-25)26(33)31(27)21-12-7-11-20(28)16(21)2/h6-9,11-12,14H,3-5,10,13,15H2,1-2H3,(H,29,32). The Balaban J connectivity index is 1.54. The van der Waals surface area contributed by atoms with Crippen molar-refractivity contribution >= 4 is 56.5 Å². The van der Waals surface area contributed by atoms with E-state index in [4.69, 9.17) is 16.6 Å². The third-order valence-corrected chi connectivity index (χ3v) is 8.92. The Morgan fingerprint density at radius 3 is 2.83 bits per heavy atom. The second-order valence-corrected chi connectivity index (χ2v) is 11.1. The maximum atomic E-state index is 13.9. The van der Waals surface area contributed by atoms with Gasteiger partial charge >= 0.3 is 0 Å². The van der Waals surface area contributed by atoms with Gasteiger partial charge in [0.25, 0.3) is 5.56 Å². The van der Waals surface area contributed by atoms with Crippen molar-refractivity contribution in [3.8, 4) is 5.69 Å². The number of hydrogen-bond acceptors (Lipinski definition) is 5. The number of amides is 1. The number of carbonyl (C=O) groups is 1. The van der Waals surface area contributed by atoms with E-state index in [1.807, 2.05) is 49.4 Å². The second kappa shape index (κ2) is 10.2. The Kier molecular flexibility index (Phi) is 7.00. The summed E-state index contributed by atoms with van der Waals surface area (Å²) in [5.74, 6) is -0.00336. The molecule has 0 fully saturated rings. The van der Waals surface area contributed by atoms with Crippen LogP contribution in [0.5, 0.6) is 0 Å². The first-order valence-corrected chi connectivity index (χ1v) is 14.0. The molecule has 0 aliphatic heterocycles. The lowest BCUT2D eigenvalue weighted by molar-refractivity contribution is -0.113. The van der Waals surface area contributed by atoms with Crippen molar-refractivity contribution in [1.29, 1.82) is 0 Å². The second-order valence-electron chi connectivity index (χ2n) is 8.70. The van der Waals surface area contributed by atoms with Crippen molar-refractivity contribution < 1.29 is 4.79 Å². The van der Waals surface area contributed by atoms with Gasteiger partial charge in [-0.3, -0.25) is 14.2 Å². The molecule has 0 atom stereocenters. The van der Waals surface area contributed by atoms with Crippen LogP contribution in [0.1, 0.15) is 41.3 Å².